The Balaban J connectivity index is 2.22. The van der Waals surface area contributed by atoms with Crippen molar-refractivity contribution in [2.45, 2.75) is 72.5 Å². The second kappa shape index (κ2) is 11.4. The molecule has 130 valence electrons. The van der Waals surface area contributed by atoms with Crippen molar-refractivity contribution in [1.82, 2.24) is 0 Å². The maximum Gasteiger partial charge on any atom is 0.159 e. The number of hydrogen-bond donors (Lipinski definition) is 0. The van der Waals surface area contributed by atoms with Crippen LogP contribution in [-0.4, -0.2) is 25.3 Å². The number of ketones is 1. The van der Waals surface area contributed by atoms with Crippen LogP contribution in [0.4, 0.5) is 0 Å². The van der Waals surface area contributed by atoms with Gasteiger partial charge < -0.3 is 9.47 Å². The van der Waals surface area contributed by atoms with E-state index in [1.807, 2.05) is 20.8 Å². The van der Waals surface area contributed by atoms with E-state index in [0.717, 1.165) is 43.4 Å². The van der Waals surface area contributed by atoms with Crippen molar-refractivity contribution in [3.63, 3.8) is 0 Å². The van der Waals surface area contributed by atoms with Crippen LogP contribution in [-0.2, 0) is 14.3 Å². The number of ether oxygens (including phenoxy) is 2. The highest BCUT2D eigenvalue weighted by Crippen LogP contribution is 2.14. The lowest BCUT2D eigenvalue weighted by molar-refractivity contribution is -0.155. The van der Waals surface area contributed by atoms with Gasteiger partial charge in [-0.05, 0) is 65.9 Å². The van der Waals surface area contributed by atoms with Gasteiger partial charge in [0.1, 0.15) is 0 Å². The first-order valence-electron chi connectivity index (χ1n) is 8.69. The highest BCUT2D eigenvalue weighted by molar-refractivity contribution is 5.91. The average molecular weight is 320 g/mol. The Morgan fingerprint density at radius 1 is 1.13 bits per heavy atom. The van der Waals surface area contributed by atoms with Gasteiger partial charge in [0, 0.05) is 13.0 Å². The van der Waals surface area contributed by atoms with Crippen LogP contribution in [0.15, 0.2) is 34.9 Å². The normalized spacial score (nSPS) is 19.6. The van der Waals surface area contributed by atoms with Gasteiger partial charge in [-0.3, -0.25) is 4.79 Å². The SMILES string of the molecule is CC(C)=CC(=O)C/C(C)=C\CC/C(C)=C/COC1CCCCO1. The predicted molar refractivity (Wildman–Crippen MR) is 95.3 cm³/mol. The molecule has 23 heavy (non-hydrogen) atoms. The van der Waals surface area contributed by atoms with Crippen LogP contribution in [0, 0.1) is 0 Å². The molecule has 1 fully saturated rings. The molecule has 1 heterocycles. The van der Waals surface area contributed by atoms with Gasteiger partial charge in [-0.2, -0.15) is 0 Å². The third-order valence-corrected chi connectivity index (χ3v) is 3.79. The zero-order valence-corrected chi connectivity index (χ0v) is 15.2. The molecule has 1 rings (SSSR count). The Morgan fingerprint density at radius 3 is 2.57 bits per heavy atom. The fourth-order valence-corrected chi connectivity index (χ4v) is 2.51. The molecule has 0 aromatic heterocycles. The lowest BCUT2D eigenvalue weighted by atomic mass is 10.1. The Morgan fingerprint density at radius 2 is 1.91 bits per heavy atom. The summed E-state index contributed by atoms with van der Waals surface area (Å²) in [6, 6.07) is 0. The van der Waals surface area contributed by atoms with Crippen molar-refractivity contribution in [3.8, 4) is 0 Å². The smallest absolute Gasteiger partial charge is 0.159 e. The van der Waals surface area contributed by atoms with Gasteiger partial charge in [0.05, 0.1) is 6.61 Å². The molecule has 1 saturated heterocycles. The molecule has 1 atom stereocenters. The van der Waals surface area contributed by atoms with E-state index in [2.05, 4.69) is 19.1 Å². The van der Waals surface area contributed by atoms with E-state index >= 15 is 0 Å². The summed E-state index contributed by atoms with van der Waals surface area (Å²) in [5, 5.41) is 0. The minimum Gasteiger partial charge on any atom is -0.353 e. The predicted octanol–water partition coefficient (Wildman–Crippen LogP) is 5.13. The molecular weight excluding hydrogens is 288 g/mol. The molecule has 0 aromatic carbocycles. The lowest BCUT2D eigenvalue weighted by Crippen LogP contribution is -2.22. The molecular formula is C20H32O3. The number of hydrogen-bond acceptors (Lipinski definition) is 3. The van der Waals surface area contributed by atoms with Gasteiger partial charge in [0.15, 0.2) is 12.1 Å². The van der Waals surface area contributed by atoms with E-state index in [1.165, 1.54) is 12.0 Å². The Hall–Kier alpha value is -1.19. The Labute approximate surface area is 141 Å². The molecule has 3 nitrogen and oxygen atoms in total. The van der Waals surface area contributed by atoms with Gasteiger partial charge in [0.25, 0.3) is 0 Å². The van der Waals surface area contributed by atoms with Crippen molar-refractivity contribution in [2.24, 2.45) is 0 Å². The molecule has 1 aliphatic rings. The van der Waals surface area contributed by atoms with E-state index < -0.39 is 0 Å². The zero-order chi connectivity index (χ0) is 17.1. The molecule has 0 N–H and O–H groups in total. The second-order valence-corrected chi connectivity index (χ2v) is 6.63. The summed E-state index contributed by atoms with van der Waals surface area (Å²) in [6.45, 7) is 9.50. The first-order valence-corrected chi connectivity index (χ1v) is 8.69. The van der Waals surface area contributed by atoms with Crippen LogP contribution in [0.5, 0.6) is 0 Å². The molecule has 0 aromatic rings. The Kier molecular flexibility index (Phi) is 9.81. The van der Waals surface area contributed by atoms with E-state index in [9.17, 15) is 4.79 Å². The first kappa shape index (κ1) is 19.9. The van der Waals surface area contributed by atoms with Crippen LogP contribution in [0.2, 0.25) is 0 Å². The van der Waals surface area contributed by atoms with Crippen LogP contribution in [0.1, 0.15) is 66.2 Å². The quantitative estimate of drug-likeness (QED) is 0.436. The van der Waals surface area contributed by atoms with E-state index in [0.29, 0.717) is 13.0 Å². The van der Waals surface area contributed by atoms with Crippen molar-refractivity contribution in [1.29, 1.82) is 0 Å². The average Bonchev–Trinajstić information content (AvgIpc) is 2.47. The molecule has 0 spiro atoms. The summed E-state index contributed by atoms with van der Waals surface area (Å²) < 4.78 is 11.2. The number of carbonyl (C=O) groups excluding carboxylic acids is 1. The molecule has 0 saturated carbocycles. The number of carbonyl (C=O) groups is 1. The number of rotatable bonds is 9. The van der Waals surface area contributed by atoms with Gasteiger partial charge in [-0.25, -0.2) is 0 Å². The summed E-state index contributed by atoms with van der Waals surface area (Å²) in [6.07, 6.45) is 11.8. The standard InChI is InChI=1S/C20H32O3/c1-16(2)14-19(21)15-18(4)9-7-8-17(3)11-13-23-20-10-5-6-12-22-20/h9,11,14,20H,5-8,10,12-13,15H2,1-4H3/b17-11+,18-9-. The van der Waals surface area contributed by atoms with E-state index in [-0.39, 0.29) is 12.1 Å². The van der Waals surface area contributed by atoms with Crippen LogP contribution < -0.4 is 0 Å². The summed E-state index contributed by atoms with van der Waals surface area (Å²) in [7, 11) is 0. The molecule has 0 amide bonds. The molecule has 0 bridgehead atoms. The highest BCUT2D eigenvalue weighted by atomic mass is 16.7. The van der Waals surface area contributed by atoms with Crippen molar-refractivity contribution in [2.75, 3.05) is 13.2 Å². The topological polar surface area (TPSA) is 35.5 Å². The van der Waals surface area contributed by atoms with Gasteiger partial charge in [-0.1, -0.05) is 28.9 Å². The lowest BCUT2D eigenvalue weighted by Gasteiger charge is -2.22. The van der Waals surface area contributed by atoms with Crippen molar-refractivity contribution < 1.29 is 14.3 Å². The minimum atomic E-state index is -0.0176. The monoisotopic (exact) mass is 320 g/mol. The largest absolute Gasteiger partial charge is 0.353 e. The van der Waals surface area contributed by atoms with Crippen LogP contribution in [0.3, 0.4) is 0 Å². The first-order chi connectivity index (χ1) is 11.0. The fourth-order valence-electron chi connectivity index (χ4n) is 2.51. The number of allylic oxidation sites excluding steroid dienone is 5. The molecule has 1 unspecified atom stereocenters. The van der Waals surface area contributed by atoms with E-state index in [1.54, 1.807) is 6.08 Å². The summed E-state index contributed by atoms with van der Waals surface area (Å²) in [5.41, 5.74) is 3.52. The second-order valence-electron chi connectivity index (χ2n) is 6.63. The van der Waals surface area contributed by atoms with Crippen LogP contribution >= 0.6 is 0 Å². The summed E-state index contributed by atoms with van der Waals surface area (Å²) in [4.78, 5) is 11.7. The maximum atomic E-state index is 11.7. The zero-order valence-electron chi connectivity index (χ0n) is 15.2. The van der Waals surface area contributed by atoms with Gasteiger partial charge in [-0.15, -0.1) is 0 Å². The van der Waals surface area contributed by atoms with E-state index in [4.69, 9.17) is 9.47 Å². The third-order valence-electron chi connectivity index (χ3n) is 3.79. The van der Waals surface area contributed by atoms with Crippen molar-refractivity contribution in [3.05, 3.63) is 34.9 Å². The summed E-state index contributed by atoms with van der Waals surface area (Å²) >= 11 is 0. The molecule has 0 radical (unpaired) electrons. The minimum absolute atomic E-state index is 0.0176. The van der Waals surface area contributed by atoms with Crippen molar-refractivity contribution >= 4 is 5.78 Å². The Bertz CT molecular complexity index is 448. The van der Waals surface area contributed by atoms with Gasteiger partial charge in [0.2, 0.25) is 0 Å². The fraction of sp³-hybridized carbons (Fsp3) is 0.650. The summed E-state index contributed by atoms with van der Waals surface area (Å²) in [5.74, 6) is 0.187. The highest BCUT2D eigenvalue weighted by Gasteiger charge is 2.12. The molecule has 1 aliphatic heterocycles. The maximum absolute atomic E-state index is 11.7. The van der Waals surface area contributed by atoms with Gasteiger partial charge >= 0.3 is 0 Å². The third kappa shape index (κ3) is 10.2. The molecule has 3 heteroatoms. The molecule has 0 aliphatic carbocycles. The van der Waals surface area contributed by atoms with Crippen LogP contribution in [0.25, 0.3) is 0 Å².